The summed E-state index contributed by atoms with van der Waals surface area (Å²) in [6.45, 7) is -0.306. The Morgan fingerprint density at radius 2 is 0.940 bits per heavy atom. The number of unbranched alkanes of at least 4 members (excludes halogenated alkanes) is 4. The summed E-state index contributed by atoms with van der Waals surface area (Å²) in [5.74, 6) is -1.64. The van der Waals surface area contributed by atoms with Crippen LogP contribution in [0.5, 0.6) is 11.5 Å². The van der Waals surface area contributed by atoms with Crippen LogP contribution in [0.15, 0.2) is 60.7 Å². The van der Waals surface area contributed by atoms with Gasteiger partial charge in [-0.3, -0.25) is 9.59 Å². The molecule has 0 aromatic heterocycles. The Bertz CT molecular complexity index is 1970. The predicted octanol–water partition coefficient (Wildman–Crippen LogP) is 2.86. The molecule has 0 spiro atoms. The lowest BCUT2D eigenvalue weighted by Gasteiger charge is -2.17. The molecular weight excluding hydrogens is 689 g/mol. The van der Waals surface area contributed by atoms with Gasteiger partial charge in [-0.1, -0.05) is 49.2 Å². The third kappa shape index (κ3) is 8.56. The van der Waals surface area contributed by atoms with Crippen molar-refractivity contribution in [2.24, 2.45) is 0 Å². The molecule has 2 saturated heterocycles. The van der Waals surface area contributed by atoms with Gasteiger partial charge >= 0.3 is 20.4 Å². The van der Waals surface area contributed by atoms with Gasteiger partial charge in [0, 0.05) is 13.2 Å². The average molecular weight is 729 g/mol. The number of benzene rings is 4. The van der Waals surface area contributed by atoms with Gasteiger partial charge in [0.2, 0.25) is 0 Å². The van der Waals surface area contributed by atoms with E-state index in [1.165, 1.54) is 12.1 Å². The van der Waals surface area contributed by atoms with Crippen LogP contribution in [0, 0.1) is 0 Å². The van der Waals surface area contributed by atoms with E-state index in [0.29, 0.717) is 0 Å². The van der Waals surface area contributed by atoms with Crippen molar-refractivity contribution in [2.75, 3.05) is 34.9 Å². The van der Waals surface area contributed by atoms with Crippen molar-refractivity contribution >= 4 is 65.2 Å². The molecule has 2 amide bonds. The lowest BCUT2D eigenvalue weighted by molar-refractivity contribution is -0.118. The average Bonchev–Trinajstić information content (AvgIpc) is 3.50. The number of aliphatic hydroxyl groups is 2. The summed E-state index contributed by atoms with van der Waals surface area (Å²) in [5.41, 5.74) is 2.37. The minimum Gasteiger partial charge on any atom is -0.506 e. The van der Waals surface area contributed by atoms with Gasteiger partial charge in [-0.2, -0.15) is 16.8 Å². The van der Waals surface area contributed by atoms with Crippen molar-refractivity contribution in [3.05, 3.63) is 71.8 Å². The quantitative estimate of drug-likeness (QED) is 0.117. The van der Waals surface area contributed by atoms with E-state index in [1.807, 2.05) is 45.8 Å². The Hall–Kier alpha value is -4.64. The number of fused-ring (bicyclic) bond motifs is 2. The topological polar surface area (TPSA) is 214 Å². The number of anilines is 2. The molecule has 0 atom stereocenters. The molecule has 4 aromatic carbocycles. The SMILES string of the molecule is O=C1CN(c2cc3cc(CCCCCO)ccc3cc2O)S(=O)(=O)N1.O=C1CN(c2cc3cc(CCCCCO)ccc3cc2O)S(=O)(=O)N1. The largest absolute Gasteiger partial charge is 0.506 e. The summed E-state index contributed by atoms with van der Waals surface area (Å²) in [5, 5.41) is 41.2. The zero-order valence-corrected chi connectivity index (χ0v) is 28.8. The number of aliphatic hydroxyl groups excluding tert-OH is 2. The lowest BCUT2D eigenvalue weighted by atomic mass is 10.0. The number of amides is 2. The second-order valence-corrected chi connectivity index (χ2v) is 15.4. The molecule has 0 saturated carbocycles. The number of carbonyl (C=O) groups is 2. The van der Waals surface area contributed by atoms with Crippen molar-refractivity contribution in [1.29, 1.82) is 0 Å². The highest BCUT2D eigenvalue weighted by molar-refractivity contribution is 7.92. The summed E-state index contributed by atoms with van der Waals surface area (Å²) in [7, 11) is -7.92. The summed E-state index contributed by atoms with van der Waals surface area (Å²) >= 11 is 0. The number of nitrogens with one attached hydrogen (secondary N) is 2. The molecule has 0 unspecified atom stereocenters. The Morgan fingerprint density at radius 1 is 0.540 bits per heavy atom. The molecule has 6 rings (SSSR count). The Labute approximate surface area is 290 Å². The molecule has 2 heterocycles. The molecule has 4 aromatic rings. The third-order valence-electron chi connectivity index (χ3n) is 8.42. The predicted molar refractivity (Wildman–Crippen MR) is 189 cm³/mol. The molecule has 2 aliphatic heterocycles. The van der Waals surface area contributed by atoms with Crippen molar-refractivity contribution in [3.8, 4) is 11.5 Å². The number of phenols is 2. The highest BCUT2D eigenvalue weighted by Crippen LogP contribution is 2.36. The van der Waals surface area contributed by atoms with Crippen molar-refractivity contribution in [2.45, 2.75) is 51.4 Å². The van der Waals surface area contributed by atoms with E-state index in [2.05, 4.69) is 0 Å². The van der Waals surface area contributed by atoms with Gasteiger partial charge in [0.15, 0.2) is 0 Å². The smallest absolute Gasteiger partial charge is 0.326 e. The second kappa shape index (κ2) is 15.5. The van der Waals surface area contributed by atoms with E-state index >= 15 is 0 Å². The monoisotopic (exact) mass is 728 g/mol. The van der Waals surface area contributed by atoms with E-state index in [0.717, 1.165) is 92.6 Å². The number of carbonyl (C=O) groups excluding carboxylic acids is 2. The second-order valence-electron chi connectivity index (χ2n) is 12.2. The van der Waals surface area contributed by atoms with Gasteiger partial charge < -0.3 is 20.4 Å². The number of phenolic OH excluding ortho intramolecular Hbond substituents is 2. The molecule has 14 nitrogen and oxygen atoms in total. The third-order valence-corrected chi connectivity index (χ3v) is 11.2. The minimum atomic E-state index is -3.96. The van der Waals surface area contributed by atoms with Crippen LogP contribution in [-0.4, -0.2) is 75.4 Å². The first-order valence-electron chi connectivity index (χ1n) is 16.2. The van der Waals surface area contributed by atoms with E-state index in [4.69, 9.17) is 10.2 Å². The number of hydrogen-bond donors (Lipinski definition) is 6. The molecule has 50 heavy (non-hydrogen) atoms. The van der Waals surface area contributed by atoms with Crippen LogP contribution in [0.4, 0.5) is 11.4 Å². The van der Waals surface area contributed by atoms with Gasteiger partial charge in [-0.15, -0.1) is 0 Å². The standard InChI is InChI=1S/2C17H20N2O5S/c2*20-7-3-1-2-4-12-5-6-13-10-16(21)15(9-14(13)8-12)19-11-17(22)18-25(19,23)24/h2*5-6,8-10,20-21H,1-4,7,11H2,(H,18,22). The molecule has 0 bridgehead atoms. The van der Waals surface area contributed by atoms with Crippen molar-refractivity contribution < 1.29 is 46.9 Å². The first-order chi connectivity index (χ1) is 23.8. The summed E-state index contributed by atoms with van der Waals surface area (Å²) < 4.78 is 53.5. The van der Waals surface area contributed by atoms with Gasteiger partial charge in [0.05, 0.1) is 11.4 Å². The van der Waals surface area contributed by atoms with Gasteiger partial charge in [0.25, 0.3) is 11.8 Å². The van der Waals surface area contributed by atoms with Crippen LogP contribution in [0.2, 0.25) is 0 Å². The fourth-order valence-electron chi connectivity index (χ4n) is 5.91. The molecule has 16 heteroatoms. The fourth-order valence-corrected chi connectivity index (χ4v) is 8.22. The van der Waals surface area contributed by atoms with Crippen LogP contribution >= 0.6 is 0 Å². The number of nitrogens with zero attached hydrogens (tertiary/aromatic N) is 2. The molecule has 268 valence electrons. The van der Waals surface area contributed by atoms with E-state index in [-0.39, 0.29) is 49.2 Å². The zero-order valence-electron chi connectivity index (χ0n) is 27.2. The Balaban J connectivity index is 0.000000194. The van der Waals surface area contributed by atoms with Gasteiger partial charge in [-0.25, -0.2) is 18.1 Å². The van der Waals surface area contributed by atoms with Crippen LogP contribution in [0.1, 0.15) is 49.7 Å². The number of hydrogen-bond acceptors (Lipinski definition) is 10. The molecule has 2 fully saturated rings. The molecular formula is C34H40N4O10S2. The fraction of sp³-hybridized carbons (Fsp3) is 0.353. The van der Waals surface area contributed by atoms with Crippen molar-refractivity contribution in [3.63, 3.8) is 0 Å². The van der Waals surface area contributed by atoms with E-state index < -0.39 is 32.2 Å². The summed E-state index contributed by atoms with van der Waals surface area (Å²) in [4.78, 5) is 22.8. The maximum atomic E-state index is 12.0. The van der Waals surface area contributed by atoms with E-state index in [1.54, 1.807) is 12.1 Å². The maximum absolute atomic E-state index is 12.0. The lowest BCUT2D eigenvalue weighted by Crippen LogP contribution is -2.29. The highest BCUT2D eigenvalue weighted by atomic mass is 32.2. The summed E-state index contributed by atoms with van der Waals surface area (Å²) in [6, 6.07) is 17.8. The molecule has 6 N–H and O–H groups in total. The number of aryl methyl sites for hydroxylation is 2. The number of aromatic hydroxyl groups is 2. The first kappa shape index (κ1) is 36.6. The molecule has 0 aliphatic carbocycles. The Morgan fingerprint density at radius 3 is 1.28 bits per heavy atom. The Kier molecular flexibility index (Phi) is 11.4. The normalized spacial score (nSPS) is 16.4. The van der Waals surface area contributed by atoms with E-state index in [9.17, 15) is 36.6 Å². The summed E-state index contributed by atoms with van der Waals surface area (Å²) in [6.07, 6.45) is 7.05. The van der Waals surface area contributed by atoms with Gasteiger partial charge in [0.1, 0.15) is 24.6 Å². The molecule has 0 radical (unpaired) electrons. The highest BCUT2D eigenvalue weighted by Gasteiger charge is 2.36. The zero-order chi connectivity index (χ0) is 36.1. The van der Waals surface area contributed by atoms with Gasteiger partial charge in [-0.05, 0) is 95.5 Å². The maximum Gasteiger partial charge on any atom is 0.326 e. The van der Waals surface area contributed by atoms with Crippen LogP contribution in [0.3, 0.4) is 0 Å². The molecule has 2 aliphatic rings. The number of rotatable bonds is 12. The first-order valence-corrected chi connectivity index (χ1v) is 19.1. The van der Waals surface area contributed by atoms with Crippen molar-refractivity contribution in [1.82, 2.24) is 9.44 Å². The van der Waals surface area contributed by atoms with Crippen LogP contribution in [-0.2, 0) is 42.8 Å². The van der Waals surface area contributed by atoms with Crippen LogP contribution in [0.25, 0.3) is 21.5 Å². The van der Waals surface area contributed by atoms with Crippen LogP contribution < -0.4 is 18.1 Å². The minimum absolute atomic E-state index is 0.0864.